The fourth-order valence-corrected chi connectivity index (χ4v) is 4.04. The molecule has 0 aromatic heterocycles. The van der Waals surface area contributed by atoms with E-state index in [-0.39, 0.29) is 10.8 Å². The van der Waals surface area contributed by atoms with Crippen molar-refractivity contribution in [1.82, 2.24) is 0 Å². The van der Waals surface area contributed by atoms with Crippen molar-refractivity contribution in [2.24, 2.45) is 0 Å². The fraction of sp³-hybridized carbons (Fsp3) is 0.0870. The number of sulfonamides is 1. The smallest absolute Gasteiger partial charge is 0.261 e. The topological polar surface area (TPSA) is 93.7 Å². The predicted molar refractivity (Wildman–Crippen MR) is 126 cm³/mol. The minimum Gasteiger partial charge on any atom is -0.493 e. The largest absolute Gasteiger partial charge is 0.493 e. The number of ether oxygens (including phenoxy) is 2. The summed E-state index contributed by atoms with van der Waals surface area (Å²) in [6, 6.07) is 17.5. The number of halogens is 1. The van der Waals surface area contributed by atoms with Crippen LogP contribution in [-0.2, 0) is 14.8 Å². The van der Waals surface area contributed by atoms with Crippen molar-refractivity contribution in [3.8, 4) is 11.5 Å². The van der Waals surface area contributed by atoms with Gasteiger partial charge in [-0.15, -0.1) is 0 Å². The first-order valence-electron chi connectivity index (χ1n) is 9.40. The van der Waals surface area contributed by atoms with Crippen LogP contribution in [-0.4, -0.2) is 28.5 Å². The lowest BCUT2D eigenvalue weighted by Gasteiger charge is -2.09. The van der Waals surface area contributed by atoms with E-state index in [1.165, 1.54) is 43.5 Å². The van der Waals surface area contributed by atoms with Gasteiger partial charge in [-0.2, -0.15) is 0 Å². The van der Waals surface area contributed by atoms with E-state index in [9.17, 15) is 13.2 Å². The number of amides is 1. The van der Waals surface area contributed by atoms with Crippen LogP contribution in [0.3, 0.4) is 0 Å². The molecule has 3 aromatic rings. The van der Waals surface area contributed by atoms with E-state index < -0.39 is 10.0 Å². The molecule has 0 spiro atoms. The second-order valence-electron chi connectivity index (χ2n) is 6.58. The van der Waals surface area contributed by atoms with E-state index in [2.05, 4.69) is 10.0 Å². The zero-order valence-corrected chi connectivity index (χ0v) is 18.9. The monoisotopic (exact) mass is 472 g/mol. The van der Waals surface area contributed by atoms with Crippen molar-refractivity contribution in [3.05, 3.63) is 83.4 Å². The molecule has 166 valence electrons. The normalized spacial score (nSPS) is 11.2. The number of methoxy groups -OCH3 is 2. The molecule has 2 N–H and O–H groups in total. The van der Waals surface area contributed by atoms with Crippen LogP contribution in [0.2, 0.25) is 5.02 Å². The Morgan fingerprint density at radius 1 is 0.906 bits per heavy atom. The average Bonchev–Trinajstić information content (AvgIpc) is 2.77. The number of benzene rings is 3. The van der Waals surface area contributed by atoms with Gasteiger partial charge in [-0.1, -0.05) is 23.7 Å². The quantitative estimate of drug-likeness (QED) is 0.459. The van der Waals surface area contributed by atoms with Gasteiger partial charge in [-0.05, 0) is 66.2 Å². The molecular formula is C23H21ClN2O5S. The van der Waals surface area contributed by atoms with Gasteiger partial charge in [-0.3, -0.25) is 9.52 Å². The Bertz CT molecular complexity index is 1240. The van der Waals surface area contributed by atoms with Crippen molar-refractivity contribution in [2.75, 3.05) is 24.3 Å². The van der Waals surface area contributed by atoms with Gasteiger partial charge in [0.15, 0.2) is 11.5 Å². The van der Waals surface area contributed by atoms with Gasteiger partial charge < -0.3 is 14.8 Å². The molecule has 0 aliphatic rings. The molecule has 3 aromatic carbocycles. The molecule has 0 heterocycles. The Kier molecular flexibility index (Phi) is 7.40. The lowest BCUT2D eigenvalue weighted by Crippen LogP contribution is -2.13. The first-order chi connectivity index (χ1) is 15.3. The highest BCUT2D eigenvalue weighted by Crippen LogP contribution is 2.28. The van der Waals surface area contributed by atoms with E-state index >= 15 is 0 Å². The summed E-state index contributed by atoms with van der Waals surface area (Å²) in [4.78, 5) is 12.3. The lowest BCUT2D eigenvalue weighted by atomic mass is 10.2. The minimum absolute atomic E-state index is 0.0522. The standard InChI is InChI=1S/C23H21ClN2O5S/c1-30-21-12-6-16(14-22(21)31-2)7-13-23(27)25-18-8-10-20(11-9-18)32(28,29)26-19-5-3-4-17(24)15-19/h3-15,26H,1-2H3,(H,25,27)/b13-7+. The summed E-state index contributed by atoms with van der Waals surface area (Å²) in [6.07, 6.45) is 3.00. The van der Waals surface area contributed by atoms with Gasteiger partial charge in [0.1, 0.15) is 0 Å². The third kappa shape index (κ3) is 6.03. The highest BCUT2D eigenvalue weighted by Gasteiger charge is 2.14. The Morgan fingerprint density at radius 3 is 2.28 bits per heavy atom. The van der Waals surface area contributed by atoms with Gasteiger partial charge in [0.2, 0.25) is 5.91 Å². The van der Waals surface area contributed by atoms with Crippen LogP contribution in [0.5, 0.6) is 11.5 Å². The van der Waals surface area contributed by atoms with Crippen LogP contribution < -0.4 is 19.5 Å². The van der Waals surface area contributed by atoms with Gasteiger partial charge in [0.05, 0.1) is 24.8 Å². The van der Waals surface area contributed by atoms with Crippen LogP contribution in [0.15, 0.2) is 77.7 Å². The highest BCUT2D eigenvalue weighted by molar-refractivity contribution is 7.92. The van der Waals surface area contributed by atoms with Crippen molar-refractivity contribution in [1.29, 1.82) is 0 Å². The van der Waals surface area contributed by atoms with E-state index in [0.717, 1.165) is 5.56 Å². The van der Waals surface area contributed by atoms with E-state index in [1.807, 2.05) is 0 Å². The van der Waals surface area contributed by atoms with Crippen molar-refractivity contribution >= 4 is 45.0 Å². The molecule has 0 radical (unpaired) electrons. The van der Waals surface area contributed by atoms with Crippen LogP contribution in [0, 0.1) is 0 Å². The summed E-state index contributed by atoms with van der Waals surface area (Å²) in [6.45, 7) is 0. The van der Waals surface area contributed by atoms with Crippen LogP contribution in [0.25, 0.3) is 6.08 Å². The molecule has 0 fully saturated rings. The number of hydrogen-bond acceptors (Lipinski definition) is 5. The highest BCUT2D eigenvalue weighted by atomic mass is 35.5. The predicted octanol–water partition coefficient (Wildman–Crippen LogP) is 4.81. The molecule has 1 amide bonds. The number of nitrogens with one attached hydrogen (secondary N) is 2. The number of carbonyl (C=O) groups excluding carboxylic acids is 1. The summed E-state index contributed by atoms with van der Waals surface area (Å²) in [5, 5.41) is 3.11. The summed E-state index contributed by atoms with van der Waals surface area (Å²) >= 11 is 5.89. The van der Waals surface area contributed by atoms with E-state index in [4.69, 9.17) is 21.1 Å². The molecule has 0 aliphatic heterocycles. The molecule has 0 atom stereocenters. The van der Waals surface area contributed by atoms with Crippen molar-refractivity contribution < 1.29 is 22.7 Å². The maximum Gasteiger partial charge on any atom is 0.261 e. The molecular weight excluding hydrogens is 452 g/mol. The number of hydrogen-bond donors (Lipinski definition) is 2. The molecule has 0 aliphatic carbocycles. The number of carbonyl (C=O) groups is 1. The Morgan fingerprint density at radius 2 is 1.62 bits per heavy atom. The third-order valence-corrected chi connectivity index (χ3v) is 5.98. The molecule has 0 unspecified atom stereocenters. The Balaban J connectivity index is 1.65. The molecule has 0 saturated carbocycles. The van der Waals surface area contributed by atoms with Crippen molar-refractivity contribution in [3.63, 3.8) is 0 Å². The number of anilines is 2. The Hall–Kier alpha value is -3.49. The second kappa shape index (κ2) is 10.2. The zero-order chi connectivity index (χ0) is 23.1. The molecule has 0 saturated heterocycles. The summed E-state index contributed by atoms with van der Waals surface area (Å²) in [7, 11) is -0.711. The molecule has 3 rings (SSSR count). The van der Waals surface area contributed by atoms with Gasteiger partial charge in [0, 0.05) is 16.8 Å². The average molecular weight is 473 g/mol. The van der Waals surface area contributed by atoms with Crippen LogP contribution in [0.4, 0.5) is 11.4 Å². The molecule has 32 heavy (non-hydrogen) atoms. The van der Waals surface area contributed by atoms with Gasteiger partial charge in [-0.25, -0.2) is 8.42 Å². The van der Waals surface area contributed by atoms with Crippen LogP contribution >= 0.6 is 11.6 Å². The third-order valence-electron chi connectivity index (χ3n) is 4.34. The van der Waals surface area contributed by atoms with E-state index in [1.54, 1.807) is 49.6 Å². The SMILES string of the molecule is COc1ccc(/C=C/C(=O)Nc2ccc(S(=O)(=O)Nc3cccc(Cl)c3)cc2)cc1OC. The van der Waals surface area contributed by atoms with Gasteiger partial charge in [0.25, 0.3) is 10.0 Å². The minimum atomic E-state index is -3.79. The van der Waals surface area contributed by atoms with Crippen molar-refractivity contribution in [2.45, 2.75) is 4.90 Å². The number of rotatable bonds is 8. The maximum atomic E-state index is 12.5. The first-order valence-corrected chi connectivity index (χ1v) is 11.3. The summed E-state index contributed by atoms with van der Waals surface area (Å²) in [5.41, 5.74) is 1.56. The maximum absolute atomic E-state index is 12.5. The Labute approximate surface area is 191 Å². The van der Waals surface area contributed by atoms with Crippen LogP contribution in [0.1, 0.15) is 5.56 Å². The molecule has 7 nitrogen and oxygen atoms in total. The van der Waals surface area contributed by atoms with Gasteiger partial charge >= 0.3 is 0 Å². The molecule has 0 bridgehead atoms. The van der Waals surface area contributed by atoms with E-state index in [0.29, 0.717) is 27.9 Å². The second-order valence-corrected chi connectivity index (χ2v) is 8.70. The zero-order valence-electron chi connectivity index (χ0n) is 17.3. The lowest BCUT2D eigenvalue weighted by molar-refractivity contribution is -0.111. The summed E-state index contributed by atoms with van der Waals surface area (Å²) in [5.74, 6) is 0.777. The molecule has 9 heteroatoms. The first kappa shape index (κ1) is 23.2. The summed E-state index contributed by atoms with van der Waals surface area (Å²) < 4.78 is 38.0. The fourth-order valence-electron chi connectivity index (χ4n) is 2.80.